The zero-order valence-electron chi connectivity index (χ0n) is 18.5. The van der Waals surface area contributed by atoms with Crippen molar-refractivity contribution in [2.75, 3.05) is 18.4 Å². The number of nitrogens with zero attached hydrogens (tertiary/aromatic N) is 6. The molecule has 0 saturated carbocycles. The third-order valence-electron chi connectivity index (χ3n) is 6.20. The predicted octanol–water partition coefficient (Wildman–Crippen LogP) is 5.44. The summed E-state index contributed by atoms with van der Waals surface area (Å²) in [5.41, 5.74) is 4.13. The van der Waals surface area contributed by atoms with Gasteiger partial charge in [-0.25, -0.2) is 4.98 Å². The molecule has 1 atom stereocenters. The number of nitrogens with one attached hydrogen (secondary N) is 1. The number of rotatable bonds is 6. The summed E-state index contributed by atoms with van der Waals surface area (Å²) < 4.78 is 1.90. The molecule has 3 aromatic heterocycles. The maximum absolute atomic E-state index is 6.36. The van der Waals surface area contributed by atoms with Crippen LogP contribution in [0.4, 0.5) is 5.95 Å². The Kier molecular flexibility index (Phi) is 6.19. The standard InChI is InChI=1S/C24H25Cl2N7/c1-15(2)32-11-3-4-18(32)13-28-24-30-22(16-7-9-27-10-8-16)21(23-31-29-14-33(23)24)17-5-6-19(25)20(26)12-17/h5-10,12,14-15,18H,3-4,11,13H2,1-2H3,(H,28,30). The van der Waals surface area contributed by atoms with Gasteiger partial charge in [0.2, 0.25) is 5.95 Å². The topological polar surface area (TPSA) is 71.2 Å². The van der Waals surface area contributed by atoms with Gasteiger partial charge in [-0.3, -0.25) is 14.3 Å². The van der Waals surface area contributed by atoms with Crippen molar-refractivity contribution in [3.8, 4) is 22.4 Å². The Hall–Kier alpha value is -2.74. The maximum atomic E-state index is 6.36. The Balaban J connectivity index is 1.62. The molecule has 0 bridgehead atoms. The Morgan fingerprint density at radius 1 is 1.09 bits per heavy atom. The minimum atomic E-state index is 0.470. The molecule has 1 unspecified atom stereocenters. The van der Waals surface area contributed by atoms with E-state index in [0.717, 1.165) is 35.5 Å². The maximum Gasteiger partial charge on any atom is 0.210 e. The molecular formula is C24H25Cl2N7. The molecule has 1 N–H and O–H groups in total. The van der Waals surface area contributed by atoms with E-state index in [-0.39, 0.29) is 0 Å². The Labute approximate surface area is 202 Å². The van der Waals surface area contributed by atoms with Crippen LogP contribution in [-0.2, 0) is 0 Å². The number of likely N-dealkylation sites (tertiary alicyclic amines) is 1. The number of pyridine rings is 1. The first-order valence-electron chi connectivity index (χ1n) is 11.1. The fraction of sp³-hybridized carbons (Fsp3) is 0.333. The van der Waals surface area contributed by atoms with Gasteiger partial charge in [0.05, 0.1) is 21.3 Å². The number of benzene rings is 1. The van der Waals surface area contributed by atoms with Crippen molar-refractivity contribution in [3.05, 3.63) is 59.1 Å². The molecule has 5 rings (SSSR count). The van der Waals surface area contributed by atoms with Gasteiger partial charge in [-0.2, -0.15) is 0 Å². The molecule has 4 aromatic rings. The second-order valence-corrected chi connectivity index (χ2v) is 9.37. The highest BCUT2D eigenvalue weighted by Gasteiger charge is 2.27. The van der Waals surface area contributed by atoms with Gasteiger partial charge >= 0.3 is 0 Å². The zero-order valence-corrected chi connectivity index (χ0v) is 20.1. The zero-order chi connectivity index (χ0) is 22.9. The van der Waals surface area contributed by atoms with E-state index in [9.17, 15) is 0 Å². The lowest BCUT2D eigenvalue weighted by Crippen LogP contribution is -2.39. The second-order valence-electron chi connectivity index (χ2n) is 8.56. The van der Waals surface area contributed by atoms with E-state index in [2.05, 4.69) is 39.2 Å². The lowest BCUT2D eigenvalue weighted by atomic mass is 10.0. The molecule has 170 valence electrons. The van der Waals surface area contributed by atoms with Crippen molar-refractivity contribution in [3.63, 3.8) is 0 Å². The number of anilines is 1. The van der Waals surface area contributed by atoms with Gasteiger partial charge in [0.1, 0.15) is 6.33 Å². The number of fused-ring (bicyclic) bond motifs is 1. The first-order valence-corrected chi connectivity index (χ1v) is 11.9. The molecule has 33 heavy (non-hydrogen) atoms. The summed E-state index contributed by atoms with van der Waals surface area (Å²) in [6.45, 7) is 6.45. The van der Waals surface area contributed by atoms with Gasteiger partial charge in [0, 0.05) is 36.6 Å². The number of aromatic nitrogens is 5. The second kappa shape index (κ2) is 9.25. The Morgan fingerprint density at radius 2 is 1.91 bits per heavy atom. The van der Waals surface area contributed by atoms with Crippen molar-refractivity contribution in [1.29, 1.82) is 0 Å². The summed E-state index contributed by atoms with van der Waals surface area (Å²) in [6, 6.07) is 10.4. The highest BCUT2D eigenvalue weighted by Crippen LogP contribution is 2.37. The van der Waals surface area contributed by atoms with Gasteiger partial charge in [-0.05, 0) is 63.1 Å². The van der Waals surface area contributed by atoms with Crippen LogP contribution in [0.25, 0.3) is 28.0 Å². The van der Waals surface area contributed by atoms with Gasteiger partial charge in [0.15, 0.2) is 5.65 Å². The summed E-state index contributed by atoms with van der Waals surface area (Å²) in [4.78, 5) is 11.8. The summed E-state index contributed by atoms with van der Waals surface area (Å²) >= 11 is 12.5. The van der Waals surface area contributed by atoms with E-state index in [1.54, 1.807) is 24.8 Å². The third kappa shape index (κ3) is 4.28. The van der Waals surface area contributed by atoms with Crippen molar-refractivity contribution in [1.82, 2.24) is 29.5 Å². The molecule has 1 fully saturated rings. The summed E-state index contributed by atoms with van der Waals surface area (Å²) in [5, 5.41) is 13.2. The van der Waals surface area contributed by atoms with Gasteiger partial charge in [0.25, 0.3) is 0 Å². The van der Waals surface area contributed by atoms with E-state index in [1.807, 2.05) is 28.7 Å². The highest BCUT2D eigenvalue weighted by molar-refractivity contribution is 6.42. The quantitative estimate of drug-likeness (QED) is 0.395. The summed E-state index contributed by atoms with van der Waals surface area (Å²) in [7, 11) is 0. The molecule has 0 radical (unpaired) electrons. The molecule has 4 heterocycles. The molecule has 1 aliphatic rings. The van der Waals surface area contributed by atoms with E-state index in [0.29, 0.717) is 33.7 Å². The fourth-order valence-electron chi connectivity index (χ4n) is 4.61. The average molecular weight is 482 g/mol. The molecule has 9 heteroatoms. The van der Waals surface area contributed by atoms with E-state index < -0.39 is 0 Å². The van der Waals surface area contributed by atoms with Crippen LogP contribution in [0, 0.1) is 0 Å². The SMILES string of the molecule is CC(C)N1CCCC1CNc1nc(-c2ccncc2)c(-c2ccc(Cl)c(Cl)c2)c2nncn12. The van der Waals surface area contributed by atoms with Crippen molar-refractivity contribution in [2.45, 2.75) is 38.8 Å². The third-order valence-corrected chi connectivity index (χ3v) is 6.94. The highest BCUT2D eigenvalue weighted by atomic mass is 35.5. The van der Waals surface area contributed by atoms with Crippen molar-refractivity contribution in [2.24, 2.45) is 0 Å². The van der Waals surface area contributed by atoms with Gasteiger partial charge in [-0.15, -0.1) is 10.2 Å². The largest absolute Gasteiger partial charge is 0.354 e. The molecular weight excluding hydrogens is 457 g/mol. The van der Waals surface area contributed by atoms with Crippen LogP contribution >= 0.6 is 23.2 Å². The lowest BCUT2D eigenvalue weighted by Gasteiger charge is -2.28. The summed E-state index contributed by atoms with van der Waals surface area (Å²) in [6.07, 6.45) is 7.61. The molecule has 1 aromatic carbocycles. The van der Waals surface area contributed by atoms with Crippen LogP contribution in [0.2, 0.25) is 10.0 Å². The number of hydrogen-bond acceptors (Lipinski definition) is 6. The predicted molar refractivity (Wildman–Crippen MR) is 133 cm³/mol. The first kappa shape index (κ1) is 22.1. The van der Waals surface area contributed by atoms with Crippen molar-refractivity contribution < 1.29 is 0 Å². The van der Waals surface area contributed by atoms with Gasteiger partial charge in [-0.1, -0.05) is 29.3 Å². The molecule has 1 saturated heterocycles. The van der Waals surface area contributed by atoms with Crippen LogP contribution in [-0.4, -0.2) is 54.6 Å². The van der Waals surface area contributed by atoms with Crippen LogP contribution in [0.3, 0.4) is 0 Å². The Morgan fingerprint density at radius 3 is 2.67 bits per heavy atom. The molecule has 0 aliphatic carbocycles. The van der Waals surface area contributed by atoms with E-state index >= 15 is 0 Å². The molecule has 1 aliphatic heterocycles. The van der Waals surface area contributed by atoms with E-state index in [4.69, 9.17) is 28.2 Å². The normalized spacial score (nSPS) is 16.7. The lowest BCUT2D eigenvalue weighted by molar-refractivity contribution is 0.211. The monoisotopic (exact) mass is 481 g/mol. The van der Waals surface area contributed by atoms with Crippen molar-refractivity contribution >= 4 is 34.8 Å². The van der Waals surface area contributed by atoms with Crippen LogP contribution < -0.4 is 5.32 Å². The van der Waals surface area contributed by atoms with Crippen LogP contribution in [0.1, 0.15) is 26.7 Å². The first-order chi connectivity index (χ1) is 16.0. The molecule has 0 amide bonds. The fourth-order valence-corrected chi connectivity index (χ4v) is 4.91. The minimum absolute atomic E-state index is 0.470. The van der Waals surface area contributed by atoms with Crippen LogP contribution in [0.5, 0.6) is 0 Å². The average Bonchev–Trinajstić information content (AvgIpc) is 3.49. The Bertz CT molecular complexity index is 1270. The van der Waals surface area contributed by atoms with Crippen LogP contribution in [0.15, 0.2) is 49.1 Å². The van der Waals surface area contributed by atoms with E-state index in [1.165, 1.54) is 12.8 Å². The summed E-state index contributed by atoms with van der Waals surface area (Å²) in [5.74, 6) is 0.709. The minimum Gasteiger partial charge on any atom is -0.354 e. The van der Waals surface area contributed by atoms with Gasteiger partial charge < -0.3 is 5.32 Å². The molecule has 0 spiro atoms. The number of halogens is 2. The molecule has 7 nitrogen and oxygen atoms in total. The number of hydrogen-bond donors (Lipinski definition) is 1. The smallest absolute Gasteiger partial charge is 0.210 e.